The van der Waals surface area contributed by atoms with Gasteiger partial charge in [-0.25, -0.2) is 18.6 Å². The van der Waals surface area contributed by atoms with E-state index in [2.05, 4.69) is 15.2 Å². The number of thiophene rings is 1. The summed E-state index contributed by atoms with van der Waals surface area (Å²) >= 11 is 1.48. The Morgan fingerprint density at radius 3 is 2.62 bits per heavy atom. The molecular weight excluding hydrogens is 310 g/mol. The van der Waals surface area contributed by atoms with Gasteiger partial charge in [-0.15, -0.1) is 11.3 Å². The molecule has 1 heterocycles. The third kappa shape index (κ3) is 4.78. The van der Waals surface area contributed by atoms with E-state index in [1.54, 1.807) is 18.2 Å². The van der Waals surface area contributed by atoms with E-state index in [-0.39, 0.29) is 11.4 Å². The van der Waals surface area contributed by atoms with Crippen molar-refractivity contribution in [3.63, 3.8) is 0 Å². The number of hydrogen-bond acceptors (Lipinski definition) is 5. The predicted octanol–water partition coefficient (Wildman–Crippen LogP) is 1.18. The van der Waals surface area contributed by atoms with Gasteiger partial charge >= 0.3 is 0 Å². The molecule has 2 N–H and O–H groups in total. The molecule has 21 heavy (non-hydrogen) atoms. The van der Waals surface area contributed by atoms with Gasteiger partial charge in [0.05, 0.1) is 17.7 Å². The van der Waals surface area contributed by atoms with E-state index < -0.39 is 15.9 Å². The number of carbonyl (C=O) groups excluding carboxylic acids is 1. The smallest absolute Gasteiger partial charge is 0.255 e. The third-order valence-corrected chi connectivity index (χ3v) is 4.62. The first-order valence-electron chi connectivity index (χ1n) is 5.98. The summed E-state index contributed by atoms with van der Waals surface area (Å²) in [5.74, 6) is -0.540. The second-order valence-electron chi connectivity index (χ2n) is 3.95. The minimum absolute atomic E-state index is 0.111. The van der Waals surface area contributed by atoms with Crippen LogP contribution in [0, 0.1) is 0 Å². The lowest BCUT2D eigenvalue weighted by atomic mass is 10.4. The van der Waals surface area contributed by atoms with Crippen LogP contribution >= 0.6 is 11.3 Å². The highest BCUT2D eigenvalue weighted by Gasteiger charge is 2.14. The Balaban J connectivity index is 1.84. The van der Waals surface area contributed by atoms with Gasteiger partial charge in [-0.1, -0.05) is 24.3 Å². The van der Waals surface area contributed by atoms with Crippen LogP contribution in [0.4, 0.5) is 0 Å². The van der Waals surface area contributed by atoms with Crippen LogP contribution in [0.5, 0.6) is 0 Å². The first-order valence-corrected chi connectivity index (χ1v) is 8.34. The van der Waals surface area contributed by atoms with Gasteiger partial charge in [0, 0.05) is 4.88 Å². The Labute approximate surface area is 126 Å². The monoisotopic (exact) mass is 323 g/mol. The van der Waals surface area contributed by atoms with Crippen molar-refractivity contribution in [2.75, 3.05) is 6.54 Å². The summed E-state index contributed by atoms with van der Waals surface area (Å²) in [4.78, 5) is 12.5. The predicted molar refractivity (Wildman–Crippen MR) is 81.7 cm³/mol. The number of amides is 1. The van der Waals surface area contributed by atoms with E-state index in [1.807, 2.05) is 17.5 Å². The lowest BCUT2D eigenvalue weighted by Gasteiger charge is -2.05. The molecule has 110 valence electrons. The van der Waals surface area contributed by atoms with E-state index in [9.17, 15) is 13.2 Å². The fourth-order valence-corrected chi connectivity index (χ4v) is 3.00. The van der Waals surface area contributed by atoms with E-state index in [0.717, 1.165) is 4.88 Å². The van der Waals surface area contributed by atoms with E-state index in [1.165, 1.54) is 29.7 Å². The average molecular weight is 323 g/mol. The minimum atomic E-state index is -3.68. The van der Waals surface area contributed by atoms with Crippen LogP contribution in [0.3, 0.4) is 0 Å². The topological polar surface area (TPSA) is 87.6 Å². The number of nitrogens with zero attached hydrogens (tertiary/aromatic N) is 1. The fraction of sp³-hybridized carbons (Fsp3) is 0.0769. The van der Waals surface area contributed by atoms with Crippen molar-refractivity contribution < 1.29 is 13.2 Å². The molecule has 2 aromatic rings. The summed E-state index contributed by atoms with van der Waals surface area (Å²) in [5.41, 5.74) is 2.26. The maximum Gasteiger partial charge on any atom is 0.255 e. The van der Waals surface area contributed by atoms with Crippen LogP contribution in [0.2, 0.25) is 0 Å². The van der Waals surface area contributed by atoms with Crippen molar-refractivity contribution in [2.24, 2.45) is 5.10 Å². The first kappa shape index (κ1) is 15.4. The second-order valence-corrected chi connectivity index (χ2v) is 6.69. The molecule has 0 aliphatic carbocycles. The molecule has 0 spiro atoms. The normalized spacial score (nSPS) is 11.6. The maximum atomic E-state index is 11.9. The molecule has 0 atom stereocenters. The molecule has 2 rings (SSSR count). The number of sulfonamides is 1. The zero-order valence-corrected chi connectivity index (χ0v) is 12.5. The van der Waals surface area contributed by atoms with Gasteiger partial charge in [0.15, 0.2) is 0 Å². The molecule has 1 aromatic heterocycles. The van der Waals surface area contributed by atoms with E-state index in [4.69, 9.17) is 0 Å². The summed E-state index contributed by atoms with van der Waals surface area (Å²) in [6, 6.07) is 11.6. The highest BCUT2D eigenvalue weighted by atomic mass is 32.2. The summed E-state index contributed by atoms with van der Waals surface area (Å²) in [6.07, 6.45) is 1.49. The molecule has 0 fully saturated rings. The molecule has 6 nitrogen and oxygen atoms in total. The Kier molecular flexibility index (Phi) is 5.20. The SMILES string of the molecule is O=C(CNS(=O)(=O)c1ccccc1)N/N=C/c1cccs1. The highest BCUT2D eigenvalue weighted by molar-refractivity contribution is 7.89. The summed E-state index contributed by atoms with van der Waals surface area (Å²) in [7, 11) is -3.68. The summed E-state index contributed by atoms with van der Waals surface area (Å²) in [5, 5.41) is 5.62. The second kappa shape index (κ2) is 7.11. The van der Waals surface area contributed by atoms with Gasteiger partial charge in [-0.2, -0.15) is 5.10 Å². The van der Waals surface area contributed by atoms with Gasteiger partial charge in [0.1, 0.15) is 0 Å². The van der Waals surface area contributed by atoms with Crippen LogP contribution in [0.15, 0.2) is 57.8 Å². The van der Waals surface area contributed by atoms with Gasteiger partial charge in [-0.05, 0) is 23.6 Å². The van der Waals surface area contributed by atoms with Gasteiger partial charge in [0.2, 0.25) is 10.0 Å². The van der Waals surface area contributed by atoms with Crippen LogP contribution in [0.25, 0.3) is 0 Å². The summed E-state index contributed by atoms with van der Waals surface area (Å²) in [6.45, 7) is -0.376. The standard InChI is InChI=1S/C13H13N3O3S2/c17-13(16-14-9-11-5-4-8-20-11)10-15-21(18,19)12-6-2-1-3-7-12/h1-9,15H,10H2,(H,16,17)/b14-9+. The average Bonchev–Trinajstić information content (AvgIpc) is 2.99. The molecule has 0 aliphatic heterocycles. The number of hydrogen-bond donors (Lipinski definition) is 2. The zero-order chi connectivity index (χ0) is 15.1. The Morgan fingerprint density at radius 2 is 1.95 bits per heavy atom. The van der Waals surface area contributed by atoms with Crippen LogP contribution in [0.1, 0.15) is 4.88 Å². The molecule has 0 unspecified atom stereocenters. The minimum Gasteiger partial charge on any atom is -0.272 e. The maximum absolute atomic E-state index is 11.9. The van der Waals surface area contributed by atoms with Gasteiger partial charge in [-0.3, -0.25) is 4.79 Å². The van der Waals surface area contributed by atoms with Crippen molar-refractivity contribution in [1.82, 2.24) is 10.1 Å². The lowest BCUT2D eigenvalue weighted by Crippen LogP contribution is -2.34. The molecular formula is C13H13N3O3S2. The Bertz CT molecular complexity index is 710. The quantitative estimate of drug-likeness (QED) is 0.618. The number of benzene rings is 1. The molecule has 0 saturated heterocycles. The van der Waals surface area contributed by atoms with Crippen molar-refractivity contribution in [1.29, 1.82) is 0 Å². The number of hydrazone groups is 1. The number of nitrogens with one attached hydrogen (secondary N) is 2. The van der Waals surface area contributed by atoms with Crippen LogP contribution in [-0.2, 0) is 14.8 Å². The number of rotatable bonds is 6. The molecule has 0 saturated carbocycles. The zero-order valence-electron chi connectivity index (χ0n) is 10.9. The first-order chi connectivity index (χ1) is 10.1. The van der Waals surface area contributed by atoms with Crippen molar-refractivity contribution in [3.8, 4) is 0 Å². The molecule has 1 aromatic carbocycles. The van der Waals surface area contributed by atoms with Gasteiger partial charge in [0.25, 0.3) is 5.91 Å². The van der Waals surface area contributed by atoms with Crippen LogP contribution in [-0.4, -0.2) is 27.1 Å². The van der Waals surface area contributed by atoms with Gasteiger partial charge < -0.3 is 0 Å². The fourth-order valence-electron chi connectivity index (χ4n) is 1.42. The molecule has 0 aliphatic rings. The third-order valence-electron chi connectivity index (χ3n) is 2.40. The Hall–Kier alpha value is -2.03. The van der Waals surface area contributed by atoms with Crippen molar-refractivity contribution in [3.05, 3.63) is 52.7 Å². The number of carbonyl (C=O) groups is 1. The molecule has 0 bridgehead atoms. The van der Waals surface area contributed by atoms with Crippen molar-refractivity contribution in [2.45, 2.75) is 4.90 Å². The van der Waals surface area contributed by atoms with Crippen molar-refractivity contribution >= 4 is 33.5 Å². The Morgan fingerprint density at radius 1 is 1.19 bits per heavy atom. The lowest BCUT2D eigenvalue weighted by molar-refractivity contribution is -0.119. The van der Waals surface area contributed by atoms with E-state index >= 15 is 0 Å². The highest BCUT2D eigenvalue weighted by Crippen LogP contribution is 2.06. The molecule has 8 heteroatoms. The van der Waals surface area contributed by atoms with E-state index in [0.29, 0.717) is 0 Å². The van der Waals surface area contributed by atoms with Crippen LogP contribution < -0.4 is 10.1 Å². The molecule has 0 radical (unpaired) electrons. The summed E-state index contributed by atoms with van der Waals surface area (Å²) < 4.78 is 25.9. The molecule has 1 amide bonds. The largest absolute Gasteiger partial charge is 0.272 e.